The normalized spacial score (nSPS) is 14.6. The average Bonchev–Trinajstić information content (AvgIpc) is 2.74. The number of halogens is 1. The van der Waals surface area contributed by atoms with Crippen LogP contribution < -0.4 is 5.32 Å². The molecule has 112 valence electrons. The van der Waals surface area contributed by atoms with Crippen LogP contribution in [0.25, 0.3) is 10.9 Å². The van der Waals surface area contributed by atoms with Crippen LogP contribution >= 0.6 is 11.6 Å². The van der Waals surface area contributed by atoms with E-state index in [1.54, 1.807) is 0 Å². The molecular formula is C17H22ClN3. The number of likely N-dealkylation sites (tertiary alicyclic amines) is 1. The van der Waals surface area contributed by atoms with Crippen LogP contribution in [0.15, 0.2) is 30.6 Å². The molecule has 1 aromatic carbocycles. The van der Waals surface area contributed by atoms with Gasteiger partial charge in [-0.25, -0.2) is 0 Å². The van der Waals surface area contributed by atoms with Gasteiger partial charge in [0.25, 0.3) is 0 Å². The van der Waals surface area contributed by atoms with E-state index >= 15 is 0 Å². The largest absolute Gasteiger partial charge is 0.367 e. The number of nitrogens with one attached hydrogen (secondary N) is 2. The number of H-pyrrole nitrogens is 1. The number of fused-ring (bicyclic) bond motifs is 1. The van der Waals surface area contributed by atoms with E-state index in [1.807, 2.05) is 0 Å². The Morgan fingerprint density at radius 3 is 2.76 bits per heavy atom. The summed E-state index contributed by atoms with van der Waals surface area (Å²) < 4.78 is 0. The van der Waals surface area contributed by atoms with Crippen LogP contribution in [0, 0.1) is 0 Å². The van der Waals surface area contributed by atoms with Crippen molar-refractivity contribution in [1.82, 2.24) is 15.2 Å². The first-order valence-electron chi connectivity index (χ1n) is 7.53. The molecule has 21 heavy (non-hydrogen) atoms. The molecule has 1 aliphatic rings. The first-order valence-corrected chi connectivity index (χ1v) is 7.91. The summed E-state index contributed by atoms with van der Waals surface area (Å²) in [5.74, 6) is 1.44. The molecule has 3 nitrogen and oxygen atoms in total. The lowest BCUT2D eigenvalue weighted by atomic mass is 10.0. The second-order valence-corrected chi connectivity index (χ2v) is 6.46. The maximum absolute atomic E-state index is 6.35. The average molecular weight is 304 g/mol. The van der Waals surface area contributed by atoms with E-state index in [0.29, 0.717) is 5.92 Å². The van der Waals surface area contributed by atoms with E-state index in [9.17, 15) is 0 Å². The highest BCUT2D eigenvalue weighted by Crippen LogP contribution is 2.29. The lowest BCUT2D eigenvalue weighted by Crippen LogP contribution is -2.40. The molecule has 1 aliphatic heterocycles. The van der Waals surface area contributed by atoms with E-state index in [1.165, 1.54) is 12.0 Å². The van der Waals surface area contributed by atoms with Crippen LogP contribution in [0.5, 0.6) is 0 Å². The Labute approximate surface area is 131 Å². The molecule has 1 saturated heterocycles. The minimum Gasteiger partial charge on any atom is -0.367 e. The minimum atomic E-state index is 0.429. The van der Waals surface area contributed by atoms with Gasteiger partial charge in [-0.2, -0.15) is 0 Å². The molecule has 3 rings (SSSR count). The second kappa shape index (κ2) is 5.64. The van der Waals surface area contributed by atoms with Crippen LogP contribution in [0.4, 0.5) is 0 Å². The highest BCUT2D eigenvalue weighted by Gasteiger charge is 2.15. The fourth-order valence-corrected chi connectivity index (χ4v) is 3.05. The molecule has 0 saturated carbocycles. The van der Waals surface area contributed by atoms with Crippen molar-refractivity contribution < 1.29 is 0 Å². The summed E-state index contributed by atoms with van der Waals surface area (Å²) in [6.45, 7) is 11.4. The van der Waals surface area contributed by atoms with Gasteiger partial charge in [0.15, 0.2) is 0 Å². The third kappa shape index (κ3) is 2.88. The number of hydrogen-bond donors (Lipinski definition) is 2. The van der Waals surface area contributed by atoms with Gasteiger partial charge in [-0.05, 0) is 36.1 Å². The summed E-state index contributed by atoms with van der Waals surface area (Å²) in [7, 11) is 0. The lowest BCUT2D eigenvalue weighted by molar-refractivity contribution is 0.222. The number of rotatable bonds is 5. The Morgan fingerprint density at radius 2 is 2.14 bits per heavy atom. The monoisotopic (exact) mass is 303 g/mol. The van der Waals surface area contributed by atoms with Crippen LogP contribution in [0.2, 0.25) is 5.02 Å². The molecule has 2 heterocycles. The van der Waals surface area contributed by atoms with Crippen molar-refractivity contribution in [2.45, 2.75) is 32.7 Å². The molecule has 2 aromatic rings. The molecule has 4 heteroatoms. The molecular weight excluding hydrogens is 282 g/mol. The number of benzene rings is 1. The first kappa shape index (κ1) is 14.3. The summed E-state index contributed by atoms with van der Waals surface area (Å²) in [5, 5.41) is 5.39. The Hall–Kier alpha value is -1.61. The fourth-order valence-electron chi connectivity index (χ4n) is 2.66. The Kier molecular flexibility index (Phi) is 3.85. The quantitative estimate of drug-likeness (QED) is 0.867. The van der Waals surface area contributed by atoms with Crippen LogP contribution in [-0.2, 0) is 6.54 Å². The summed E-state index contributed by atoms with van der Waals surface area (Å²) in [5.41, 5.74) is 3.49. The number of nitrogens with zero attached hydrogens (tertiary/aromatic N) is 1. The summed E-state index contributed by atoms with van der Waals surface area (Å²) >= 11 is 6.35. The molecule has 1 aromatic heterocycles. The summed E-state index contributed by atoms with van der Waals surface area (Å²) in [4.78, 5) is 5.73. The van der Waals surface area contributed by atoms with E-state index in [2.05, 4.69) is 53.8 Å². The Balaban J connectivity index is 1.75. The summed E-state index contributed by atoms with van der Waals surface area (Å²) in [6, 6.07) is 6.37. The third-order valence-corrected chi connectivity index (χ3v) is 4.46. The van der Waals surface area contributed by atoms with E-state index in [0.717, 1.165) is 47.1 Å². The predicted molar refractivity (Wildman–Crippen MR) is 89.6 cm³/mol. The van der Waals surface area contributed by atoms with Crippen molar-refractivity contribution >= 4 is 22.5 Å². The second-order valence-electron chi connectivity index (χ2n) is 6.05. The third-order valence-electron chi connectivity index (χ3n) is 4.14. The van der Waals surface area contributed by atoms with E-state index in [4.69, 9.17) is 11.6 Å². The highest BCUT2D eigenvalue weighted by atomic mass is 35.5. The molecule has 0 amide bonds. The van der Waals surface area contributed by atoms with Crippen LogP contribution in [-0.4, -0.2) is 23.0 Å². The van der Waals surface area contributed by atoms with Gasteiger partial charge in [-0.1, -0.05) is 32.0 Å². The zero-order chi connectivity index (χ0) is 15.0. The van der Waals surface area contributed by atoms with Gasteiger partial charge in [0.05, 0.1) is 12.4 Å². The zero-order valence-electron chi connectivity index (χ0n) is 12.7. The van der Waals surface area contributed by atoms with Crippen molar-refractivity contribution in [3.8, 4) is 0 Å². The van der Waals surface area contributed by atoms with Gasteiger partial charge >= 0.3 is 0 Å². The minimum absolute atomic E-state index is 0.429. The van der Waals surface area contributed by atoms with Gasteiger partial charge < -0.3 is 15.2 Å². The maximum atomic E-state index is 6.35. The van der Waals surface area contributed by atoms with Gasteiger partial charge in [0.1, 0.15) is 0 Å². The molecule has 0 atom stereocenters. The standard InChI is InChI=1S/C17H22ClN3/c1-11(2)15-9-17-13(8-16(15)18)7-14(20-17)10-19-12(3)21-5-4-6-21/h7-9,11,19-20H,3-6,10H2,1-2H3. The SMILES string of the molecule is C=C(NCc1cc2cc(Cl)c(C(C)C)cc2[nH]1)N1CCC1. The first-order chi connectivity index (χ1) is 10.0. The van der Waals surface area contributed by atoms with Gasteiger partial charge in [-0.3, -0.25) is 0 Å². The van der Waals surface area contributed by atoms with Crippen molar-refractivity contribution in [2.24, 2.45) is 0 Å². The topological polar surface area (TPSA) is 31.1 Å². The van der Waals surface area contributed by atoms with Crippen LogP contribution in [0.1, 0.15) is 37.4 Å². The van der Waals surface area contributed by atoms with E-state index in [-0.39, 0.29) is 0 Å². The van der Waals surface area contributed by atoms with E-state index < -0.39 is 0 Å². The number of hydrogen-bond acceptors (Lipinski definition) is 2. The fraction of sp³-hybridized carbons (Fsp3) is 0.412. The Morgan fingerprint density at radius 1 is 1.38 bits per heavy atom. The van der Waals surface area contributed by atoms with Crippen molar-refractivity contribution in [2.75, 3.05) is 13.1 Å². The molecule has 2 N–H and O–H groups in total. The number of aromatic amines is 1. The Bertz CT molecular complexity index is 668. The molecule has 0 aliphatic carbocycles. The molecule has 0 spiro atoms. The molecule has 0 bridgehead atoms. The van der Waals surface area contributed by atoms with Gasteiger partial charge in [0.2, 0.25) is 0 Å². The lowest BCUT2D eigenvalue weighted by Gasteiger charge is -2.34. The highest BCUT2D eigenvalue weighted by molar-refractivity contribution is 6.32. The predicted octanol–water partition coefficient (Wildman–Crippen LogP) is 4.21. The van der Waals surface area contributed by atoms with Crippen LogP contribution in [0.3, 0.4) is 0 Å². The molecule has 0 radical (unpaired) electrons. The number of aromatic nitrogens is 1. The van der Waals surface area contributed by atoms with Crippen molar-refractivity contribution in [3.05, 3.63) is 46.9 Å². The molecule has 0 unspecified atom stereocenters. The zero-order valence-corrected chi connectivity index (χ0v) is 13.4. The van der Waals surface area contributed by atoms with Crippen molar-refractivity contribution in [1.29, 1.82) is 0 Å². The maximum Gasteiger partial charge on any atom is 0.0941 e. The molecule has 1 fully saturated rings. The smallest absolute Gasteiger partial charge is 0.0941 e. The van der Waals surface area contributed by atoms with Gasteiger partial charge in [-0.15, -0.1) is 0 Å². The van der Waals surface area contributed by atoms with Crippen molar-refractivity contribution in [3.63, 3.8) is 0 Å². The van der Waals surface area contributed by atoms with Gasteiger partial charge in [0, 0.05) is 34.7 Å². The summed E-state index contributed by atoms with van der Waals surface area (Å²) in [6.07, 6.45) is 1.27.